The van der Waals surface area contributed by atoms with E-state index in [1.165, 1.54) is 21.1 Å². The second-order valence-corrected chi connectivity index (χ2v) is 7.71. The molecule has 22 heavy (non-hydrogen) atoms. The summed E-state index contributed by atoms with van der Waals surface area (Å²) >= 11 is 0. The first-order chi connectivity index (χ1) is 10.8. The summed E-state index contributed by atoms with van der Waals surface area (Å²) in [5.41, 5.74) is 2.24. The fourth-order valence-electron chi connectivity index (χ4n) is 2.96. The van der Waals surface area contributed by atoms with Crippen molar-refractivity contribution in [3.8, 4) is 0 Å². The molecule has 2 aromatic carbocycles. The smallest absolute Gasteiger partial charge is 0.124 e. The van der Waals surface area contributed by atoms with Gasteiger partial charge in [0.1, 0.15) is 8.80 Å². The number of para-hydroxylation sites is 2. The average Bonchev–Trinajstić information content (AvgIpc) is 2.60. The van der Waals surface area contributed by atoms with E-state index in [1.54, 1.807) is 0 Å². The Morgan fingerprint density at radius 1 is 0.636 bits per heavy atom. The molecule has 0 aliphatic heterocycles. The van der Waals surface area contributed by atoms with Gasteiger partial charge in [0.15, 0.2) is 0 Å². The monoisotopic (exact) mass is 299 g/mol. The van der Waals surface area contributed by atoms with E-state index in [4.69, 9.17) is 0 Å². The number of nitrogens with zero attached hydrogens (tertiary/aromatic N) is 2. The molecular weight excluding hydrogens is 284 g/mol. The van der Waals surface area contributed by atoms with Gasteiger partial charge in [0.05, 0.1) is 11.0 Å². The van der Waals surface area contributed by atoms with Crippen LogP contribution in [0, 0.1) is 0 Å². The van der Waals surface area contributed by atoms with E-state index in [1.807, 2.05) is 24.5 Å². The first kappa shape index (κ1) is 13.2. The molecule has 0 unspecified atom stereocenters. The number of pyridine rings is 2. The van der Waals surface area contributed by atoms with E-state index in [9.17, 15) is 0 Å². The second kappa shape index (κ2) is 5.35. The quantitative estimate of drug-likeness (QED) is 0.532. The summed E-state index contributed by atoms with van der Waals surface area (Å²) in [4.78, 5) is 9.23. The first-order valence-corrected chi connectivity index (χ1v) is 9.36. The van der Waals surface area contributed by atoms with Crippen molar-refractivity contribution < 1.29 is 0 Å². The molecule has 0 aliphatic rings. The van der Waals surface area contributed by atoms with E-state index in [0.717, 1.165) is 11.0 Å². The Kier molecular flexibility index (Phi) is 3.20. The van der Waals surface area contributed by atoms with Gasteiger partial charge in [-0.25, -0.2) is 0 Å². The van der Waals surface area contributed by atoms with Gasteiger partial charge in [-0.15, -0.1) is 0 Å². The minimum absolute atomic E-state index is 0.920. The minimum Gasteiger partial charge on any atom is -0.256 e. The third-order valence-electron chi connectivity index (χ3n) is 4.07. The molecule has 0 bridgehead atoms. The van der Waals surface area contributed by atoms with Crippen LogP contribution in [0.15, 0.2) is 73.1 Å². The molecule has 105 valence electrons. The Morgan fingerprint density at radius 2 is 1.09 bits per heavy atom. The number of fused-ring (bicyclic) bond motifs is 2. The van der Waals surface area contributed by atoms with Gasteiger partial charge in [0.2, 0.25) is 0 Å². The van der Waals surface area contributed by atoms with Crippen LogP contribution in [0.4, 0.5) is 0 Å². The fourth-order valence-corrected chi connectivity index (χ4v) is 5.07. The molecule has 2 aromatic heterocycles. The molecule has 0 saturated carbocycles. The fraction of sp³-hybridized carbons (Fsp3) is 0.0526. The van der Waals surface area contributed by atoms with Gasteiger partial charge in [-0.3, -0.25) is 9.97 Å². The van der Waals surface area contributed by atoms with Crippen molar-refractivity contribution in [2.75, 3.05) is 0 Å². The summed E-state index contributed by atoms with van der Waals surface area (Å²) < 4.78 is 0. The standard InChI is InChI=1S/C19H15N2Si/c1-22(16-10-2-6-14-8-4-12-20-18(14)16)17-11-3-7-15-9-5-13-21-19(15)17/h2-13H,1H3. The maximum absolute atomic E-state index is 4.61. The Balaban J connectivity index is 1.94. The molecule has 4 rings (SSSR count). The van der Waals surface area contributed by atoms with Gasteiger partial charge in [0, 0.05) is 23.2 Å². The first-order valence-electron chi connectivity index (χ1n) is 7.36. The average molecular weight is 299 g/mol. The molecule has 2 nitrogen and oxygen atoms in total. The third kappa shape index (κ3) is 2.10. The zero-order chi connectivity index (χ0) is 14.9. The molecule has 0 fully saturated rings. The van der Waals surface area contributed by atoms with Crippen LogP contribution in [-0.2, 0) is 0 Å². The number of rotatable bonds is 2. The molecular formula is C19H15N2Si. The van der Waals surface area contributed by atoms with Crippen LogP contribution in [0.25, 0.3) is 21.8 Å². The van der Waals surface area contributed by atoms with Gasteiger partial charge in [-0.2, -0.15) is 0 Å². The highest BCUT2D eigenvalue weighted by atomic mass is 28.3. The number of hydrogen-bond donors (Lipinski definition) is 0. The van der Waals surface area contributed by atoms with Gasteiger partial charge < -0.3 is 0 Å². The summed E-state index contributed by atoms with van der Waals surface area (Å²) in [6.45, 7) is 2.33. The largest absolute Gasteiger partial charge is 0.256 e. The van der Waals surface area contributed by atoms with E-state index in [0.29, 0.717) is 0 Å². The predicted octanol–water partition coefficient (Wildman–Crippen LogP) is 3.02. The number of benzene rings is 2. The zero-order valence-electron chi connectivity index (χ0n) is 12.3. The van der Waals surface area contributed by atoms with Crippen LogP contribution in [-0.4, -0.2) is 18.8 Å². The topological polar surface area (TPSA) is 25.8 Å². The van der Waals surface area contributed by atoms with Crippen molar-refractivity contribution >= 4 is 41.0 Å². The summed E-state index contributed by atoms with van der Waals surface area (Å²) in [5.74, 6) is 0. The minimum atomic E-state index is -0.920. The zero-order valence-corrected chi connectivity index (χ0v) is 13.3. The predicted molar refractivity (Wildman–Crippen MR) is 94.4 cm³/mol. The third-order valence-corrected chi connectivity index (χ3v) is 6.50. The Morgan fingerprint density at radius 3 is 1.59 bits per heavy atom. The molecule has 0 spiro atoms. The van der Waals surface area contributed by atoms with Crippen molar-refractivity contribution in [3.63, 3.8) is 0 Å². The van der Waals surface area contributed by atoms with Gasteiger partial charge in [0.25, 0.3) is 0 Å². The molecule has 0 aliphatic carbocycles. The number of aromatic nitrogens is 2. The highest BCUT2D eigenvalue weighted by Crippen LogP contribution is 2.12. The lowest BCUT2D eigenvalue weighted by Gasteiger charge is -2.14. The molecule has 3 heteroatoms. The van der Waals surface area contributed by atoms with Crippen LogP contribution >= 0.6 is 0 Å². The molecule has 0 saturated heterocycles. The van der Waals surface area contributed by atoms with Crippen molar-refractivity contribution in [1.82, 2.24) is 9.97 Å². The molecule has 2 heterocycles. The summed E-state index contributed by atoms with van der Waals surface area (Å²) in [7, 11) is -0.920. The lowest BCUT2D eigenvalue weighted by atomic mass is 10.2. The Hall–Kier alpha value is -2.52. The summed E-state index contributed by atoms with van der Waals surface area (Å²) in [6, 6.07) is 21.2. The highest BCUT2D eigenvalue weighted by molar-refractivity contribution is 6.87. The molecule has 0 N–H and O–H groups in total. The van der Waals surface area contributed by atoms with Crippen LogP contribution in [0.2, 0.25) is 6.55 Å². The van der Waals surface area contributed by atoms with Gasteiger partial charge >= 0.3 is 0 Å². The highest BCUT2D eigenvalue weighted by Gasteiger charge is 2.17. The van der Waals surface area contributed by atoms with E-state index < -0.39 is 8.80 Å². The summed E-state index contributed by atoms with van der Waals surface area (Å²) in [6.07, 6.45) is 3.75. The Bertz CT molecular complexity index is 875. The maximum Gasteiger partial charge on any atom is 0.124 e. The van der Waals surface area contributed by atoms with Gasteiger partial charge in [-0.1, -0.05) is 55.1 Å². The second-order valence-electron chi connectivity index (χ2n) is 5.39. The molecule has 0 amide bonds. The van der Waals surface area contributed by atoms with Crippen molar-refractivity contribution in [1.29, 1.82) is 0 Å². The van der Waals surface area contributed by atoms with E-state index in [-0.39, 0.29) is 0 Å². The van der Waals surface area contributed by atoms with Gasteiger partial charge in [-0.05, 0) is 22.5 Å². The molecule has 1 radical (unpaired) electrons. The molecule has 0 atom stereocenters. The van der Waals surface area contributed by atoms with Crippen molar-refractivity contribution in [2.24, 2.45) is 0 Å². The van der Waals surface area contributed by atoms with Crippen LogP contribution in [0.1, 0.15) is 0 Å². The molecule has 4 aromatic rings. The van der Waals surface area contributed by atoms with Crippen LogP contribution in [0.3, 0.4) is 0 Å². The normalized spacial score (nSPS) is 11.4. The number of hydrogen-bond acceptors (Lipinski definition) is 2. The van der Waals surface area contributed by atoms with E-state index in [2.05, 4.69) is 65.0 Å². The van der Waals surface area contributed by atoms with Crippen LogP contribution < -0.4 is 10.4 Å². The maximum atomic E-state index is 4.61. The lowest BCUT2D eigenvalue weighted by molar-refractivity contribution is 1.42. The van der Waals surface area contributed by atoms with Crippen molar-refractivity contribution in [3.05, 3.63) is 73.1 Å². The van der Waals surface area contributed by atoms with Crippen LogP contribution in [0.5, 0.6) is 0 Å². The lowest BCUT2D eigenvalue weighted by Crippen LogP contribution is -2.40. The Labute approximate surface area is 131 Å². The SMILES string of the molecule is C[Si](c1cccc2cccnc12)c1cccc2cccnc12. The van der Waals surface area contributed by atoms with Crippen molar-refractivity contribution in [2.45, 2.75) is 6.55 Å². The summed E-state index contributed by atoms with van der Waals surface area (Å²) in [5, 5.41) is 5.11. The van der Waals surface area contributed by atoms with E-state index >= 15 is 0 Å².